The minimum Gasteiger partial charge on any atom is -0.462 e. The lowest BCUT2D eigenvalue weighted by Gasteiger charge is -2.18. The Kier molecular flexibility index (Phi) is 53.5. The maximum absolute atomic E-state index is 12.9. The van der Waals surface area contributed by atoms with Crippen LogP contribution in [0.4, 0.5) is 0 Å². The van der Waals surface area contributed by atoms with Crippen molar-refractivity contribution in [3.8, 4) is 0 Å². The Labute approximate surface area is 425 Å². The van der Waals surface area contributed by atoms with Crippen LogP contribution < -0.4 is 0 Å². The molecule has 0 amide bonds. The van der Waals surface area contributed by atoms with Gasteiger partial charge in [0.05, 0.1) is 0 Å². The van der Waals surface area contributed by atoms with E-state index in [-0.39, 0.29) is 31.1 Å². The third-order valence-corrected chi connectivity index (χ3v) is 14.2. The molecular formula is C62H120O6. The van der Waals surface area contributed by atoms with Crippen molar-refractivity contribution in [2.75, 3.05) is 13.2 Å². The fraction of sp³-hybridized carbons (Fsp3) is 0.952. The molecule has 0 saturated carbocycles. The summed E-state index contributed by atoms with van der Waals surface area (Å²) in [6.07, 6.45) is 59.6. The van der Waals surface area contributed by atoms with Crippen LogP contribution in [0.1, 0.15) is 349 Å². The summed E-state index contributed by atoms with van der Waals surface area (Å²) in [4.78, 5) is 38.2. The van der Waals surface area contributed by atoms with Crippen LogP contribution in [-0.4, -0.2) is 37.2 Å². The van der Waals surface area contributed by atoms with Gasteiger partial charge in [0.25, 0.3) is 0 Å². The fourth-order valence-electron chi connectivity index (χ4n) is 9.58. The molecule has 0 bridgehead atoms. The molecule has 404 valence electrons. The number of ether oxygens (including phenoxy) is 3. The van der Waals surface area contributed by atoms with Crippen LogP contribution in [0.2, 0.25) is 0 Å². The van der Waals surface area contributed by atoms with Crippen molar-refractivity contribution >= 4 is 17.9 Å². The molecule has 0 aromatic heterocycles. The number of carbonyl (C=O) groups excluding carboxylic acids is 3. The van der Waals surface area contributed by atoms with Gasteiger partial charge in [-0.15, -0.1) is 0 Å². The SMILES string of the molecule is CCCCCCCCCCCCCCCCCCCCCC(=O)OC[C@H](COC(=O)CCCCCCCCCCCCCCCCCC(C)C)OC(=O)CCCCCCCCCCCCC(C)C. The zero-order valence-corrected chi connectivity index (χ0v) is 46.7. The van der Waals surface area contributed by atoms with Crippen molar-refractivity contribution in [2.24, 2.45) is 11.8 Å². The monoisotopic (exact) mass is 961 g/mol. The van der Waals surface area contributed by atoms with Crippen LogP contribution in [0.15, 0.2) is 0 Å². The quantitative estimate of drug-likeness (QED) is 0.0343. The minimum atomic E-state index is -0.763. The normalized spacial score (nSPS) is 12.0. The van der Waals surface area contributed by atoms with Crippen molar-refractivity contribution in [2.45, 2.75) is 355 Å². The minimum absolute atomic E-state index is 0.0625. The molecule has 1 atom stereocenters. The average Bonchev–Trinajstić information content (AvgIpc) is 3.31. The molecule has 0 radical (unpaired) electrons. The van der Waals surface area contributed by atoms with Crippen LogP contribution in [0.3, 0.4) is 0 Å². The van der Waals surface area contributed by atoms with E-state index in [0.717, 1.165) is 69.6 Å². The van der Waals surface area contributed by atoms with Crippen molar-refractivity contribution in [3.05, 3.63) is 0 Å². The summed E-state index contributed by atoms with van der Waals surface area (Å²) in [7, 11) is 0. The number of hydrogen-bond acceptors (Lipinski definition) is 6. The van der Waals surface area contributed by atoms with E-state index in [9.17, 15) is 14.4 Å². The van der Waals surface area contributed by atoms with Crippen LogP contribution in [0, 0.1) is 11.8 Å². The number of hydrogen-bond donors (Lipinski definition) is 0. The molecule has 6 heteroatoms. The molecule has 0 aromatic rings. The topological polar surface area (TPSA) is 78.9 Å². The van der Waals surface area contributed by atoms with E-state index in [2.05, 4.69) is 34.6 Å². The number of carbonyl (C=O) groups is 3. The standard InChI is InChI=1S/C62H120O6/c1-6-7-8-9-10-11-12-13-14-15-16-17-20-23-26-32-37-42-47-52-60(63)66-55-59(68-62(65)54-49-44-39-34-29-28-31-36-41-46-51-58(4)5)56-67-61(64)53-48-43-38-33-27-24-21-18-19-22-25-30-35-40-45-50-57(2)3/h57-59H,6-56H2,1-5H3/t59-/m1/s1. The number of rotatable bonds is 56. The molecule has 0 saturated heterocycles. The first-order valence-corrected chi connectivity index (χ1v) is 30.7. The van der Waals surface area contributed by atoms with E-state index in [4.69, 9.17) is 14.2 Å². The second kappa shape index (κ2) is 54.7. The first kappa shape index (κ1) is 66.4. The predicted octanol–water partition coefficient (Wildman–Crippen LogP) is 20.4. The summed E-state index contributed by atoms with van der Waals surface area (Å²) in [6.45, 7) is 11.4. The molecular weight excluding hydrogens is 841 g/mol. The maximum Gasteiger partial charge on any atom is 0.306 e. The highest BCUT2D eigenvalue weighted by atomic mass is 16.6. The Balaban J connectivity index is 4.25. The number of esters is 3. The smallest absolute Gasteiger partial charge is 0.306 e. The summed E-state index contributed by atoms with van der Waals surface area (Å²) >= 11 is 0. The van der Waals surface area contributed by atoms with Crippen LogP contribution in [0.25, 0.3) is 0 Å². The summed E-state index contributed by atoms with van der Waals surface area (Å²) in [5.74, 6) is 0.829. The average molecular weight is 962 g/mol. The van der Waals surface area contributed by atoms with E-state index in [1.807, 2.05) is 0 Å². The lowest BCUT2D eigenvalue weighted by molar-refractivity contribution is -0.167. The highest BCUT2D eigenvalue weighted by Gasteiger charge is 2.19. The summed E-state index contributed by atoms with van der Waals surface area (Å²) in [6, 6.07) is 0. The van der Waals surface area contributed by atoms with Gasteiger partial charge in [0, 0.05) is 19.3 Å². The lowest BCUT2D eigenvalue weighted by atomic mass is 10.0. The summed E-state index contributed by atoms with van der Waals surface area (Å²) in [5, 5.41) is 0. The maximum atomic E-state index is 12.9. The number of unbranched alkanes of at least 4 members (excludes halogenated alkanes) is 41. The molecule has 0 heterocycles. The molecule has 6 nitrogen and oxygen atoms in total. The zero-order valence-electron chi connectivity index (χ0n) is 46.7. The van der Waals surface area contributed by atoms with E-state index in [1.165, 1.54) is 238 Å². The van der Waals surface area contributed by atoms with Gasteiger partial charge in [-0.1, -0.05) is 311 Å². The van der Waals surface area contributed by atoms with Gasteiger partial charge in [0.15, 0.2) is 6.10 Å². The van der Waals surface area contributed by atoms with Crippen molar-refractivity contribution in [1.29, 1.82) is 0 Å². The van der Waals surface area contributed by atoms with Gasteiger partial charge in [0.1, 0.15) is 13.2 Å². The third kappa shape index (κ3) is 55.3. The highest BCUT2D eigenvalue weighted by molar-refractivity contribution is 5.71. The van der Waals surface area contributed by atoms with Gasteiger partial charge in [0.2, 0.25) is 0 Å². The van der Waals surface area contributed by atoms with Gasteiger partial charge in [-0.25, -0.2) is 0 Å². The zero-order chi connectivity index (χ0) is 49.6. The Morgan fingerprint density at radius 1 is 0.279 bits per heavy atom. The molecule has 0 spiro atoms. The van der Waals surface area contributed by atoms with Crippen LogP contribution in [0.5, 0.6) is 0 Å². The van der Waals surface area contributed by atoms with Gasteiger partial charge in [-0.3, -0.25) is 14.4 Å². The van der Waals surface area contributed by atoms with E-state index in [1.54, 1.807) is 0 Å². The molecule has 0 N–H and O–H groups in total. The fourth-order valence-corrected chi connectivity index (χ4v) is 9.58. The van der Waals surface area contributed by atoms with Crippen molar-refractivity contribution in [1.82, 2.24) is 0 Å². The van der Waals surface area contributed by atoms with Crippen molar-refractivity contribution < 1.29 is 28.6 Å². The Bertz CT molecular complexity index is 1040. The molecule has 0 aliphatic carbocycles. The molecule has 68 heavy (non-hydrogen) atoms. The second-order valence-electron chi connectivity index (χ2n) is 22.3. The largest absolute Gasteiger partial charge is 0.462 e. The summed E-state index contributed by atoms with van der Waals surface area (Å²) in [5.41, 5.74) is 0. The highest BCUT2D eigenvalue weighted by Crippen LogP contribution is 2.19. The van der Waals surface area contributed by atoms with Gasteiger partial charge in [-0.05, 0) is 31.1 Å². The Hall–Kier alpha value is -1.59. The van der Waals surface area contributed by atoms with E-state index in [0.29, 0.717) is 19.3 Å². The van der Waals surface area contributed by atoms with Gasteiger partial charge in [-0.2, -0.15) is 0 Å². The molecule has 0 unspecified atom stereocenters. The first-order chi connectivity index (χ1) is 33.2. The van der Waals surface area contributed by atoms with E-state index < -0.39 is 6.10 Å². The molecule has 0 rings (SSSR count). The molecule has 0 aromatic carbocycles. The molecule has 0 aliphatic rings. The predicted molar refractivity (Wildman–Crippen MR) is 293 cm³/mol. The summed E-state index contributed by atoms with van der Waals surface area (Å²) < 4.78 is 16.9. The third-order valence-electron chi connectivity index (χ3n) is 14.2. The van der Waals surface area contributed by atoms with E-state index >= 15 is 0 Å². The van der Waals surface area contributed by atoms with Crippen LogP contribution in [-0.2, 0) is 28.6 Å². The van der Waals surface area contributed by atoms with Crippen LogP contribution >= 0.6 is 0 Å². The Morgan fingerprint density at radius 3 is 0.721 bits per heavy atom. The molecule has 0 fully saturated rings. The Morgan fingerprint density at radius 2 is 0.485 bits per heavy atom. The van der Waals surface area contributed by atoms with Gasteiger partial charge >= 0.3 is 17.9 Å². The lowest BCUT2D eigenvalue weighted by Crippen LogP contribution is -2.30. The van der Waals surface area contributed by atoms with Crippen molar-refractivity contribution in [3.63, 3.8) is 0 Å². The second-order valence-corrected chi connectivity index (χ2v) is 22.3. The molecule has 0 aliphatic heterocycles. The first-order valence-electron chi connectivity index (χ1n) is 30.7. The van der Waals surface area contributed by atoms with Gasteiger partial charge < -0.3 is 14.2 Å².